The van der Waals surface area contributed by atoms with Crippen LogP contribution in [0.15, 0.2) is 60.8 Å². The van der Waals surface area contributed by atoms with Crippen molar-refractivity contribution >= 4 is 22.5 Å². The minimum atomic E-state index is 0.187. The van der Waals surface area contributed by atoms with Crippen LogP contribution in [0.25, 0.3) is 10.9 Å². The first-order valence-electron chi connectivity index (χ1n) is 11.6. The van der Waals surface area contributed by atoms with Gasteiger partial charge in [-0.25, -0.2) is 0 Å². The fourth-order valence-electron chi connectivity index (χ4n) is 5.78. The Morgan fingerprint density at radius 2 is 1.90 bits per heavy atom. The highest BCUT2D eigenvalue weighted by atomic mass is 16.2. The van der Waals surface area contributed by atoms with Gasteiger partial charge in [0.15, 0.2) is 0 Å². The fourth-order valence-corrected chi connectivity index (χ4v) is 5.78. The van der Waals surface area contributed by atoms with Crippen molar-refractivity contribution in [1.82, 2.24) is 9.88 Å². The molecular formula is C27H29N3O. The number of carbonyl (C=O) groups is 1. The van der Waals surface area contributed by atoms with Crippen molar-refractivity contribution in [3.8, 4) is 0 Å². The molecule has 1 aromatic heterocycles. The van der Waals surface area contributed by atoms with E-state index >= 15 is 0 Å². The topological polar surface area (TPSA) is 48.1 Å². The number of rotatable bonds is 2. The van der Waals surface area contributed by atoms with Gasteiger partial charge in [0.1, 0.15) is 0 Å². The number of fused-ring (bicyclic) bond motifs is 4. The molecular weight excluding hydrogens is 382 g/mol. The Morgan fingerprint density at radius 3 is 2.77 bits per heavy atom. The number of piperidine rings is 1. The number of H-pyrrole nitrogens is 1. The van der Waals surface area contributed by atoms with Gasteiger partial charge in [-0.3, -0.25) is 4.79 Å². The van der Waals surface area contributed by atoms with Crippen molar-refractivity contribution in [2.24, 2.45) is 11.8 Å². The Labute approximate surface area is 183 Å². The number of likely N-dealkylation sites (tertiary alicyclic amines) is 1. The Kier molecular flexibility index (Phi) is 4.41. The molecule has 4 nitrogen and oxygen atoms in total. The maximum absolute atomic E-state index is 13.2. The molecule has 3 unspecified atom stereocenters. The lowest BCUT2D eigenvalue weighted by Gasteiger charge is -2.37. The Hall–Kier alpha value is -3.01. The fraction of sp³-hybridized carbons (Fsp3) is 0.370. The second-order valence-electron chi connectivity index (χ2n) is 9.54. The summed E-state index contributed by atoms with van der Waals surface area (Å²) in [5.74, 6) is 1.73. The molecule has 0 saturated carbocycles. The maximum Gasteiger partial charge on any atom is 0.253 e. The number of carbonyl (C=O) groups excluding carboxylic acids is 1. The summed E-state index contributed by atoms with van der Waals surface area (Å²) in [7, 11) is 0. The zero-order chi connectivity index (χ0) is 20.9. The van der Waals surface area contributed by atoms with E-state index in [1.807, 2.05) is 11.0 Å². The molecule has 1 aliphatic carbocycles. The molecule has 0 spiro atoms. The maximum atomic E-state index is 13.2. The summed E-state index contributed by atoms with van der Waals surface area (Å²) in [6, 6.07) is 15.1. The average Bonchev–Trinajstić information content (AvgIpc) is 3.46. The van der Waals surface area contributed by atoms with E-state index in [0.717, 1.165) is 49.5 Å². The van der Waals surface area contributed by atoms with E-state index in [1.54, 1.807) is 0 Å². The third-order valence-corrected chi connectivity index (χ3v) is 7.64. The molecule has 3 heterocycles. The molecule has 3 atom stereocenters. The number of nitrogens with zero attached hydrogens (tertiary/aromatic N) is 1. The number of aromatic amines is 1. The highest BCUT2D eigenvalue weighted by Crippen LogP contribution is 2.51. The van der Waals surface area contributed by atoms with E-state index in [-0.39, 0.29) is 11.9 Å². The number of anilines is 1. The number of amides is 1. The molecule has 158 valence electrons. The van der Waals surface area contributed by atoms with E-state index in [2.05, 4.69) is 72.0 Å². The van der Waals surface area contributed by atoms with Crippen molar-refractivity contribution in [1.29, 1.82) is 0 Å². The van der Waals surface area contributed by atoms with E-state index in [0.29, 0.717) is 11.8 Å². The quantitative estimate of drug-likeness (QED) is 0.518. The van der Waals surface area contributed by atoms with Gasteiger partial charge in [-0.15, -0.1) is 0 Å². The van der Waals surface area contributed by atoms with Crippen molar-refractivity contribution in [3.63, 3.8) is 0 Å². The summed E-state index contributed by atoms with van der Waals surface area (Å²) in [4.78, 5) is 18.6. The van der Waals surface area contributed by atoms with E-state index in [9.17, 15) is 4.79 Å². The van der Waals surface area contributed by atoms with Crippen LogP contribution >= 0.6 is 0 Å². The van der Waals surface area contributed by atoms with E-state index in [1.165, 1.54) is 22.0 Å². The Morgan fingerprint density at radius 1 is 1.06 bits per heavy atom. The van der Waals surface area contributed by atoms with Crippen LogP contribution in [-0.4, -0.2) is 28.9 Å². The zero-order valence-electron chi connectivity index (χ0n) is 18.0. The van der Waals surface area contributed by atoms with Gasteiger partial charge in [-0.2, -0.15) is 0 Å². The monoisotopic (exact) mass is 411 g/mol. The van der Waals surface area contributed by atoms with Gasteiger partial charge in [0, 0.05) is 47.4 Å². The molecule has 3 aromatic rings. The van der Waals surface area contributed by atoms with Gasteiger partial charge in [0.25, 0.3) is 5.91 Å². The molecule has 2 N–H and O–H groups in total. The predicted molar refractivity (Wildman–Crippen MR) is 125 cm³/mol. The minimum Gasteiger partial charge on any atom is -0.378 e. The van der Waals surface area contributed by atoms with Crippen LogP contribution in [-0.2, 0) is 0 Å². The van der Waals surface area contributed by atoms with Crippen molar-refractivity contribution < 1.29 is 4.79 Å². The normalized spacial score (nSPS) is 25.3. The number of aromatic nitrogens is 1. The SMILES string of the molecule is CC1CCN(C(=O)c2ccc3c(c2)C2C=CCC2C(c2c[nH]c4ccccc24)N3)CC1. The molecule has 1 amide bonds. The number of para-hydroxylation sites is 1. The second kappa shape index (κ2) is 7.30. The largest absolute Gasteiger partial charge is 0.378 e. The van der Waals surface area contributed by atoms with Gasteiger partial charge in [-0.05, 0) is 66.5 Å². The van der Waals surface area contributed by atoms with Crippen LogP contribution in [0.2, 0.25) is 0 Å². The average molecular weight is 412 g/mol. The summed E-state index contributed by atoms with van der Waals surface area (Å²) < 4.78 is 0. The van der Waals surface area contributed by atoms with Gasteiger partial charge >= 0.3 is 0 Å². The van der Waals surface area contributed by atoms with Gasteiger partial charge in [0.2, 0.25) is 0 Å². The second-order valence-corrected chi connectivity index (χ2v) is 9.54. The summed E-state index contributed by atoms with van der Waals surface area (Å²) in [6.07, 6.45) is 10.1. The minimum absolute atomic E-state index is 0.187. The third kappa shape index (κ3) is 3.08. The first-order chi connectivity index (χ1) is 15.2. The molecule has 3 aliphatic rings. The zero-order valence-corrected chi connectivity index (χ0v) is 18.0. The van der Waals surface area contributed by atoms with Gasteiger partial charge in [-0.1, -0.05) is 37.3 Å². The van der Waals surface area contributed by atoms with Crippen LogP contribution in [0.3, 0.4) is 0 Å². The molecule has 1 saturated heterocycles. The van der Waals surface area contributed by atoms with Crippen molar-refractivity contribution in [2.75, 3.05) is 18.4 Å². The Balaban J connectivity index is 1.34. The molecule has 2 aromatic carbocycles. The summed E-state index contributed by atoms with van der Waals surface area (Å²) in [5, 5.41) is 5.12. The molecule has 2 aliphatic heterocycles. The van der Waals surface area contributed by atoms with Gasteiger partial charge < -0.3 is 15.2 Å². The molecule has 0 bridgehead atoms. The van der Waals surface area contributed by atoms with Crippen LogP contribution in [0.1, 0.15) is 59.6 Å². The lowest BCUT2D eigenvalue weighted by atomic mass is 9.76. The lowest BCUT2D eigenvalue weighted by Crippen LogP contribution is -2.38. The number of allylic oxidation sites excluding steroid dienone is 2. The van der Waals surface area contributed by atoms with Crippen LogP contribution in [0, 0.1) is 11.8 Å². The first-order valence-corrected chi connectivity index (χ1v) is 11.6. The Bertz CT molecular complexity index is 1170. The standard InChI is InChI=1S/C27H29N3O/c1-17-11-13-30(14-12-17)27(31)18-9-10-25-22(15-18)19-6-4-7-21(19)26(29-25)23-16-28-24-8-3-2-5-20(23)24/h2-6,8-10,15-17,19,21,26,28-29H,7,11-14H2,1H3. The smallest absolute Gasteiger partial charge is 0.253 e. The summed E-state index contributed by atoms with van der Waals surface area (Å²) in [6.45, 7) is 4.04. The molecule has 0 radical (unpaired) electrons. The summed E-state index contributed by atoms with van der Waals surface area (Å²) >= 11 is 0. The van der Waals surface area contributed by atoms with Crippen LogP contribution in [0.5, 0.6) is 0 Å². The van der Waals surface area contributed by atoms with Crippen molar-refractivity contribution in [3.05, 3.63) is 77.5 Å². The lowest BCUT2D eigenvalue weighted by molar-refractivity contribution is 0.0697. The van der Waals surface area contributed by atoms with Crippen LogP contribution in [0.4, 0.5) is 5.69 Å². The summed E-state index contributed by atoms with van der Waals surface area (Å²) in [5.41, 5.74) is 5.78. The molecule has 31 heavy (non-hydrogen) atoms. The van der Waals surface area contributed by atoms with Crippen LogP contribution < -0.4 is 5.32 Å². The van der Waals surface area contributed by atoms with Gasteiger partial charge in [0.05, 0.1) is 6.04 Å². The van der Waals surface area contributed by atoms with E-state index in [4.69, 9.17) is 0 Å². The number of hydrogen-bond donors (Lipinski definition) is 2. The highest BCUT2D eigenvalue weighted by Gasteiger charge is 2.39. The number of hydrogen-bond acceptors (Lipinski definition) is 2. The molecule has 6 rings (SSSR count). The predicted octanol–water partition coefficient (Wildman–Crippen LogP) is 5.87. The first kappa shape index (κ1) is 18.7. The highest BCUT2D eigenvalue weighted by molar-refractivity contribution is 5.95. The van der Waals surface area contributed by atoms with Crippen molar-refractivity contribution in [2.45, 2.75) is 38.1 Å². The number of benzene rings is 2. The third-order valence-electron chi connectivity index (χ3n) is 7.64. The van der Waals surface area contributed by atoms with E-state index < -0.39 is 0 Å². The molecule has 1 fully saturated rings. The molecule has 4 heteroatoms. The number of nitrogens with one attached hydrogen (secondary N) is 2.